The van der Waals surface area contributed by atoms with E-state index in [0.29, 0.717) is 22.3 Å². The van der Waals surface area contributed by atoms with E-state index in [-0.39, 0.29) is 12.1 Å². The molecule has 1 unspecified atom stereocenters. The number of carboxylic acid groups (broad SMARTS) is 1. The Morgan fingerprint density at radius 2 is 1.91 bits per heavy atom. The van der Waals surface area contributed by atoms with Crippen molar-refractivity contribution in [2.75, 3.05) is 0 Å². The van der Waals surface area contributed by atoms with Crippen molar-refractivity contribution in [2.45, 2.75) is 31.7 Å². The first kappa shape index (κ1) is 22.5. The molecule has 7 nitrogen and oxygen atoms in total. The molecule has 0 radical (unpaired) electrons. The Balaban J connectivity index is 1.71. The molecule has 3 aromatic heterocycles. The Labute approximate surface area is 184 Å². The Morgan fingerprint density at radius 1 is 1.15 bits per heavy atom. The minimum Gasteiger partial charge on any atom is -0.478 e. The summed E-state index contributed by atoms with van der Waals surface area (Å²) in [5.41, 5.74) is -1.97. The van der Waals surface area contributed by atoms with E-state index >= 15 is 0 Å². The van der Waals surface area contributed by atoms with Crippen LogP contribution in [0.15, 0.2) is 54.9 Å². The van der Waals surface area contributed by atoms with Crippen LogP contribution in [0.3, 0.4) is 0 Å². The number of hydrogen-bond acceptors (Lipinski definition) is 4. The Morgan fingerprint density at radius 3 is 2.55 bits per heavy atom. The highest BCUT2D eigenvalue weighted by molar-refractivity contribution is 5.97. The van der Waals surface area contributed by atoms with E-state index in [2.05, 4.69) is 10.3 Å². The quantitative estimate of drug-likeness (QED) is 0.418. The third-order valence-corrected chi connectivity index (χ3v) is 5.45. The number of aromatic carboxylic acids is 1. The van der Waals surface area contributed by atoms with Crippen LogP contribution in [-0.4, -0.2) is 41.8 Å². The van der Waals surface area contributed by atoms with Crippen LogP contribution in [0.4, 0.5) is 17.6 Å². The van der Waals surface area contributed by atoms with E-state index in [1.54, 1.807) is 28.8 Å². The number of alkyl halides is 3. The fourth-order valence-corrected chi connectivity index (χ4v) is 3.70. The number of hydrogen-bond donors (Lipinski definition) is 2. The first-order valence-corrected chi connectivity index (χ1v) is 9.86. The summed E-state index contributed by atoms with van der Waals surface area (Å²) in [7, 11) is 0. The molecule has 0 amide bonds. The van der Waals surface area contributed by atoms with Gasteiger partial charge in [0.05, 0.1) is 24.0 Å². The number of pyridine rings is 1. The molecule has 1 aromatic carbocycles. The fourth-order valence-electron chi connectivity index (χ4n) is 3.70. The number of rotatable bonds is 6. The lowest BCUT2D eigenvalue weighted by molar-refractivity contribution is -0.269. The normalized spacial score (nSPS) is 13.9. The number of aromatic nitrogens is 4. The highest BCUT2D eigenvalue weighted by Gasteiger charge is 2.55. The van der Waals surface area contributed by atoms with Gasteiger partial charge in [-0.1, -0.05) is 24.3 Å². The van der Waals surface area contributed by atoms with Crippen molar-refractivity contribution in [1.29, 1.82) is 0 Å². The highest BCUT2D eigenvalue weighted by Crippen LogP contribution is 2.40. The molecule has 0 aliphatic carbocycles. The molecule has 1 atom stereocenters. The van der Waals surface area contributed by atoms with Gasteiger partial charge in [0.15, 0.2) is 0 Å². The number of nitrogens with zero attached hydrogens (tertiary/aromatic N) is 4. The minimum atomic E-state index is -4.91. The molecule has 0 spiro atoms. The van der Waals surface area contributed by atoms with Gasteiger partial charge in [-0.25, -0.2) is 13.9 Å². The Kier molecular flexibility index (Phi) is 5.44. The van der Waals surface area contributed by atoms with Gasteiger partial charge in [0, 0.05) is 17.3 Å². The topological polar surface area (TPSA) is 92.7 Å². The molecule has 2 N–H and O–H groups in total. The molecule has 33 heavy (non-hydrogen) atoms. The van der Waals surface area contributed by atoms with Crippen molar-refractivity contribution in [1.82, 2.24) is 19.4 Å². The molecular formula is C22H18F4N4O3. The Hall–Kier alpha value is -3.73. The molecular weight excluding hydrogens is 444 g/mol. The van der Waals surface area contributed by atoms with Crippen LogP contribution in [0.1, 0.15) is 35.0 Å². The van der Waals surface area contributed by atoms with E-state index in [0.717, 1.165) is 10.9 Å². The number of halogens is 4. The summed E-state index contributed by atoms with van der Waals surface area (Å²) < 4.78 is 56.3. The molecule has 0 saturated carbocycles. The van der Waals surface area contributed by atoms with Gasteiger partial charge in [-0.2, -0.15) is 13.2 Å². The maximum absolute atomic E-state index is 13.7. The summed E-state index contributed by atoms with van der Waals surface area (Å²) in [5, 5.41) is 26.8. The Bertz CT molecular complexity index is 1350. The van der Waals surface area contributed by atoms with Crippen LogP contribution in [-0.2, 0) is 12.1 Å². The number of aliphatic hydroxyl groups is 1. The average Bonchev–Trinajstić information content (AvgIpc) is 3.37. The summed E-state index contributed by atoms with van der Waals surface area (Å²) in [6.45, 7) is 1.23. The highest BCUT2D eigenvalue weighted by atomic mass is 19.4. The van der Waals surface area contributed by atoms with Crippen molar-refractivity contribution in [3.05, 3.63) is 77.5 Å². The van der Waals surface area contributed by atoms with E-state index in [1.807, 2.05) is 0 Å². The van der Waals surface area contributed by atoms with Gasteiger partial charge in [-0.15, -0.1) is 5.10 Å². The molecule has 4 aromatic rings. The SMILES string of the molecule is CCC(O)(c1cn(Cc2ccn3c(-c4cccc(F)c4)c(C(=O)O)cc3c2)nn1)C(F)(F)F. The first-order valence-electron chi connectivity index (χ1n) is 9.86. The lowest BCUT2D eigenvalue weighted by Gasteiger charge is -2.26. The van der Waals surface area contributed by atoms with Crippen LogP contribution < -0.4 is 0 Å². The second-order valence-corrected chi connectivity index (χ2v) is 7.56. The second kappa shape index (κ2) is 8.00. The van der Waals surface area contributed by atoms with Crippen LogP contribution in [0.2, 0.25) is 0 Å². The predicted octanol–water partition coefficient (Wildman–Crippen LogP) is 4.24. The summed E-state index contributed by atoms with van der Waals surface area (Å²) in [6, 6.07) is 10.3. The molecule has 11 heteroatoms. The van der Waals surface area contributed by atoms with E-state index in [9.17, 15) is 32.6 Å². The summed E-state index contributed by atoms with van der Waals surface area (Å²) in [4.78, 5) is 11.8. The predicted molar refractivity (Wildman–Crippen MR) is 109 cm³/mol. The van der Waals surface area contributed by atoms with Gasteiger partial charge >= 0.3 is 12.1 Å². The van der Waals surface area contributed by atoms with Crippen molar-refractivity contribution >= 4 is 11.5 Å². The maximum atomic E-state index is 13.7. The molecule has 4 rings (SSSR count). The zero-order valence-electron chi connectivity index (χ0n) is 17.2. The molecule has 172 valence electrons. The second-order valence-electron chi connectivity index (χ2n) is 7.56. The first-order chi connectivity index (χ1) is 15.5. The zero-order chi connectivity index (χ0) is 24.0. The van der Waals surface area contributed by atoms with Gasteiger partial charge in [0.1, 0.15) is 11.5 Å². The molecule has 0 aliphatic heterocycles. The van der Waals surface area contributed by atoms with Gasteiger partial charge in [0.2, 0.25) is 5.60 Å². The summed E-state index contributed by atoms with van der Waals surface area (Å²) >= 11 is 0. The lowest BCUT2D eigenvalue weighted by Crippen LogP contribution is -2.42. The number of benzene rings is 1. The van der Waals surface area contributed by atoms with Gasteiger partial charge < -0.3 is 14.6 Å². The number of carbonyl (C=O) groups is 1. The smallest absolute Gasteiger partial charge is 0.423 e. The zero-order valence-corrected chi connectivity index (χ0v) is 17.2. The fraction of sp³-hybridized carbons (Fsp3) is 0.227. The molecule has 0 bridgehead atoms. The monoisotopic (exact) mass is 462 g/mol. The minimum absolute atomic E-state index is 0.0287. The largest absolute Gasteiger partial charge is 0.478 e. The van der Waals surface area contributed by atoms with E-state index < -0.39 is 35.7 Å². The third kappa shape index (κ3) is 3.95. The molecule has 0 saturated heterocycles. The maximum Gasteiger partial charge on any atom is 0.423 e. The van der Waals surface area contributed by atoms with Crippen molar-refractivity contribution in [3.8, 4) is 11.3 Å². The van der Waals surface area contributed by atoms with Crippen molar-refractivity contribution in [3.63, 3.8) is 0 Å². The molecule has 0 aliphatic rings. The van der Waals surface area contributed by atoms with Gasteiger partial charge in [-0.3, -0.25) is 0 Å². The lowest BCUT2D eigenvalue weighted by atomic mass is 9.96. The van der Waals surface area contributed by atoms with Gasteiger partial charge in [-0.05, 0) is 42.3 Å². The standard InChI is InChI=1S/C22H18F4N4O3/c1-2-21(33,22(24,25)26)18-12-29(28-27-18)11-13-6-7-30-16(8-13)10-17(20(31)32)19(30)14-4-3-5-15(23)9-14/h3-10,12,33H,2,11H2,1H3,(H,31,32). The number of carboxylic acids is 1. The van der Waals surface area contributed by atoms with Crippen LogP contribution >= 0.6 is 0 Å². The average molecular weight is 462 g/mol. The van der Waals surface area contributed by atoms with Crippen molar-refractivity contribution in [2.24, 2.45) is 0 Å². The van der Waals surface area contributed by atoms with Crippen molar-refractivity contribution < 1.29 is 32.6 Å². The van der Waals surface area contributed by atoms with Crippen LogP contribution in [0, 0.1) is 5.82 Å². The third-order valence-electron chi connectivity index (χ3n) is 5.45. The number of fused-ring (bicyclic) bond motifs is 1. The van der Waals surface area contributed by atoms with Crippen LogP contribution in [0.5, 0.6) is 0 Å². The van der Waals surface area contributed by atoms with Gasteiger partial charge in [0.25, 0.3) is 0 Å². The van der Waals surface area contributed by atoms with E-state index in [4.69, 9.17) is 0 Å². The summed E-state index contributed by atoms with van der Waals surface area (Å²) in [6.07, 6.45) is -2.91. The van der Waals surface area contributed by atoms with E-state index in [1.165, 1.54) is 31.2 Å². The molecule has 0 fully saturated rings. The molecule has 3 heterocycles. The summed E-state index contributed by atoms with van der Waals surface area (Å²) in [5.74, 6) is -1.70. The van der Waals surface area contributed by atoms with Crippen LogP contribution in [0.25, 0.3) is 16.8 Å².